The van der Waals surface area contributed by atoms with Crippen molar-refractivity contribution in [1.29, 1.82) is 10.5 Å². The van der Waals surface area contributed by atoms with Crippen LogP contribution in [0.25, 0.3) is 11.0 Å². The van der Waals surface area contributed by atoms with E-state index in [1.54, 1.807) is 11.1 Å². The van der Waals surface area contributed by atoms with Crippen LogP contribution in [0.4, 0.5) is 10.5 Å². The minimum absolute atomic E-state index is 0.0604. The third-order valence-corrected chi connectivity index (χ3v) is 6.43. The van der Waals surface area contributed by atoms with Crippen molar-refractivity contribution >= 4 is 22.8 Å². The van der Waals surface area contributed by atoms with Gasteiger partial charge in [-0.05, 0) is 24.5 Å². The highest BCUT2D eigenvalue weighted by Crippen LogP contribution is 2.31. The van der Waals surface area contributed by atoms with Crippen LogP contribution < -0.4 is 4.90 Å². The number of fused-ring (bicyclic) bond motifs is 1. The van der Waals surface area contributed by atoms with Gasteiger partial charge in [0.05, 0.1) is 24.0 Å². The molecule has 2 fully saturated rings. The SMILES string of the molecule is C[C@@H]1CCN(C(=O)N2CC(C#N)C(C#N)C2)CC1N(C)c1ccnc2[nH]ccc12. The van der Waals surface area contributed by atoms with Crippen LogP contribution in [-0.2, 0) is 0 Å². The van der Waals surface area contributed by atoms with Crippen LogP contribution in [0.3, 0.4) is 0 Å². The molecule has 2 saturated heterocycles. The maximum atomic E-state index is 13.1. The van der Waals surface area contributed by atoms with Crippen LogP contribution in [0.1, 0.15) is 13.3 Å². The van der Waals surface area contributed by atoms with E-state index in [0.29, 0.717) is 32.1 Å². The molecule has 8 heteroatoms. The average molecular weight is 391 g/mol. The zero-order valence-electron chi connectivity index (χ0n) is 16.7. The van der Waals surface area contributed by atoms with Gasteiger partial charge in [0.15, 0.2) is 0 Å². The molecule has 1 N–H and O–H groups in total. The number of aromatic nitrogens is 2. The van der Waals surface area contributed by atoms with Gasteiger partial charge in [0.25, 0.3) is 0 Å². The van der Waals surface area contributed by atoms with Crippen molar-refractivity contribution in [3.63, 3.8) is 0 Å². The van der Waals surface area contributed by atoms with E-state index in [2.05, 4.69) is 41.0 Å². The smallest absolute Gasteiger partial charge is 0.320 e. The molecule has 2 aliphatic heterocycles. The lowest BCUT2D eigenvalue weighted by Gasteiger charge is -2.43. The normalized spacial score (nSPS) is 26.9. The van der Waals surface area contributed by atoms with E-state index < -0.39 is 11.8 Å². The Kier molecular flexibility index (Phi) is 5.02. The molecule has 0 spiro atoms. The maximum Gasteiger partial charge on any atom is 0.320 e. The second kappa shape index (κ2) is 7.63. The molecule has 4 rings (SSSR count). The Labute approximate surface area is 170 Å². The molecule has 0 aliphatic carbocycles. The van der Waals surface area contributed by atoms with Crippen molar-refractivity contribution < 1.29 is 4.79 Å². The van der Waals surface area contributed by atoms with Crippen LogP contribution in [-0.4, -0.2) is 65.1 Å². The minimum atomic E-state index is -0.398. The molecule has 2 aromatic heterocycles. The zero-order chi connectivity index (χ0) is 20.5. The minimum Gasteiger partial charge on any atom is -0.369 e. The summed E-state index contributed by atoms with van der Waals surface area (Å²) in [6.07, 6.45) is 4.61. The first-order valence-electron chi connectivity index (χ1n) is 10.0. The van der Waals surface area contributed by atoms with Gasteiger partial charge in [0.2, 0.25) is 0 Å². The number of nitrogens with one attached hydrogen (secondary N) is 1. The molecular weight excluding hydrogens is 366 g/mol. The second-order valence-corrected chi connectivity index (χ2v) is 8.12. The first-order chi connectivity index (χ1) is 14.0. The van der Waals surface area contributed by atoms with Crippen molar-refractivity contribution in [2.45, 2.75) is 19.4 Å². The Bertz CT molecular complexity index is 965. The number of aromatic amines is 1. The molecule has 2 amide bonds. The van der Waals surface area contributed by atoms with Crippen LogP contribution in [0, 0.1) is 40.4 Å². The number of rotatable bonds is 2. The number of likely N-dealkylation sites (N-methyl/N-ethyl adjacent to an activating group) is 1. The number of nitrogens with zero attached hydrogens (tertiary/aromatic N) is 6. The summed E-state index contributed by atoms with van der Waals surface area (Å²) >= 11 is 0. The molecular formula is C21H25N7O. The lowest BCUT2D eigenvalue weighted by molar-refractivity contribution is 0.132. The van der Waals surface area contributed by atoms with Gasteiger partial charge in [-0.1, -0.05) is 6.92 Å². The summed E-state index contributed by atoms with van der Waals surface area (Å²) in [6.45, 7) is 4.23. The Hall–Kier alpha value is -3.26. The highest BCUT2D eigenvalue weighted by molar-refractivity contribution is 5.89. The topological polar surface area (TPSA) is 103 Å². The number of hydrogen-bond donors (Lipinski definition) is 1. The lowest BCUT2D eigenvalue weighted by atomic mass is 9.92. The summed E-state index contributed by atoms with van der Waals surface area (Å²) in [6, 6.07) is 8.50. The predicted molar refractivity (Wildman–Crippen MR) is 109 cm³/mol. The van der Waals surface area contributed by atoms with Gasteiger partial charge in [-0.2, -0.15) is 10.5 Å². The number of likely N-dealkylation sites (tertiary alicyclic amines) is 2. The van der Waals surface area contributed by atoms with Crippen molar-refractivity contribution in [3.8, 4) is 12.1 Å². The summed E-state index contributed by atoms with van der Waals surface area (Å²) in [5, 5.41) is 19.6. The first kappa shape index (κ1) is 19.1. The fraction of sp³-hybridized carbons (Fsp3) is 0.524. The van der Waals surface area contributed by atoms with Gasteiger partial charge in [-0.15, -0.1) is 0 Å². The van der Waals surface area contributed by atoms with Gasteiger partial charge in [-0.25, -0.2) is 9.78 Å². The van der Waals surface area contributed by atoms with Gasteiger partial charge < -0.3 is 19.7 Å². The number of hydrogen-bond acceptors (Lipinski definition) is 5. The first-order valence-corrected chi connectivity index (χ1v) is 10.0. The van der Waals surface area contributed by atoms with E-state index >= 15 is 0 Å². The van der Waals surface area contributed by atoms with E-state index in [1.165, 1.54) is 0 Å². The molecule has 2 aromatic rings. The second-order valence-electron chi connectivity index (χ2n) is 8.12. The van der Waals surface area contributed by atoms with E-state index in [4.69, 9.17) is 0 Å². The quantitative estimate of drug-likeness (QED) is 0.847. The molecule has 4 atom stereocenters. The van der Waals surface area contributed by atoms with Gasteiger partial charge in [-0.3, -0.25) is 0 Å². The number of piperidine rings is 1. The van der Waals surface area contributed by atoms with Crippen molar-refractivity contribution in [1.82, 2.24) is 19.8 Å². The highest BCUT2D eigenvalue weighted by atomic mass is 16.2. The van der Waals surface area contributed by atoms with Gasteiger partial charge in [0, 0.05) is 62.7 Å². The predicted octanol–water partition coefficient (Wildman–Crippen LogP) is 2.42. The number of urea groups is 1. The molecule has 2 aliphatic rings. The number of amides is 2. The lowest BCUT2D eigenvalue weighted by Crippen LogP contribution is -2.55. The summed E-state index contributed by atoms with van der Waals surface area (Å²) in [5.74, 6) is -0.363. The molecule has 4 heterocycles. The monoisotopic (exact) mass is 391 g/mol. The van der Waals surface area contributed by atoms with E-state index in [-0.39, 0.29) is 12.1 Å². The number of H-pyrrole nitrogens is 1. The summed E-state index contributed by atoms with van der Waals surface area (Å²) in [7, 11) is 2.07. The molecule has 0 bridgehead atoms. The highest BCUT2D eigenvalue weighted by Gasteiger charge is 2.39. The van der Waals surface area contributed by atoms with Crippen LogP contribution in [0.15, 0.2) is 24.5 Å². The van der Waals surface area contributed by atoms with E-state index in [1.807, 2.05) is 23.2 Å². The van der Waals surface area contributed by atoms with Gasteiger partial charge in [0.1, 0.15) is 5.65 Å². The largest absolute Gasteiger partial charge is 0.369 e. The number of carbonyl (C=O) groups excluding carboxylic acids is 1. The number of pyridine rings is 1. The average Bonchev–Trinajstić information content (AvgIpc) is 3.39. The molecule has 0 radical (unpaired) electrons. The van der Waals surface area contributed by atoms with Crippen LogP contribution in [0.2, 0.25) is 0 Å². The molecule has 8 nitrogen and oxygen atoms in total. The summed E-state index contributed by atoms with van der Waals surface area (Å²) in [5.41, 5.74) is 1.95. The third-order valence-electron chi connectivity index (χ3n) is 6.43. The van der Waals surface area contributed by atoms with Crippen molar-refractivity contribution in [3.05, 3.63) is 24.5 Å². The number of nitriles is 2. The molecule has 29 heavy (non-hydrogen) atoms. The van der Waals surface area contributed by atoms with Crippen molar-refractivity contribution in [2.75, 3.05) is 38.1 Å². The Morgan fingerprint density at radius 2 is 1.93 bits per heavy atom. The number of carbonyl (C=O) groups is 1. The van der Waals surface area contributed by atoms with E-state index in [0.717, 1.165) is 23.1 Å². The fourth-order valence-corrected chi connectivity index (χ4v) is 4.58. The maximum absolute atomic E-state index is 13.1. The zero-order valence-corrected chi connectivity index (χ0v) is 16.7. The standard InChI is InChI=1S/C21H25N7O/c1-14-5-8-27(21(29)28-11-15(9-22)16(10-23)12-28)13-19(14)26(2)18-4-7-25-20-17(18)3-6-24-20/h3-4,6-7,14-16,19H,5,8,11-13H2,1-2H3,(H,24,25)/t14-,15?,16?,19?/m1/s1. The molecule has 150 valence electrons. The fourth-order valence-electron chi connectivity index (χ4n) is 4.58. The Morgan fingerprint density at radius 3 is 2.62 bits per heavy atom. The van der Waals surface area contributed by atoms with Crippen LogP contribution >= 0.6 is 0 Å². The molecule has 0 aromatic carbocycles. The number of anilines is 1. The third kappa shape index (κ3) is 3.36. The van der Waals surface area contributed by atoms with Crippen molar-refractivity contribution in [2.24, 2.45) is 17.8 Å². The van der Waals surface area contributed by atoms with E-state index in [9.17, 15) is 15.3 Å². The molecule has 3 unspecified atom stereocenters. The Morgan fingerprint density at radius 1 is 1.21 bits per heavy atom. The van der Waals surface area contributed by atoms with Crippen LogP contribution in [0.5, 0.6) is 0 Å². The Balaban J connectivity index is 1.51. The van der Waals surface area contributed by atoms with Gasteiger partial charge >= 0.3 is 6.03 Å². The summed E-state index contributed by atoms with van der Waals surface area (Å²) in [4.78, 5) is 26.4. The summed E-state index contributed by atoms with van der Waals surface area (Å²) < 4.78 is 0. The molecule has 0 saturated carbocycles.